The third-order valence-electron chi connectivity index (χ3n) is 5.32. The summed E-state index contributed by atoms with van der Waals surface area (Å²) in [5.74, 6) is -0.699. The molecule has 36 heavy (non-hydrogen) atoms. The Kier molecular flexibility index (Phi) is 14.0. The number of carbonyl (C=O) groups is 2. The molecule has 0 radical (unpaired) electrons. The van der Waals surface area contributed by atoms with E-state index in [1.165, 1.54) is 19.3 Å². The van der Waals surface area contributed by atoms with Crippen LogP contribution in [0.1, 0.15) is 92.9 Å². The van der Waals surface area contributed by atoms with Crippen molar-refractivity contribution in [3.63, 3.8) is 0 Å². The SMILES string of the molecule is CCCCCCCCCC(OOC(=O)c1ccccc1OCC)OOC(=O)c1ccccc1OCC. The van der Waals surface area contributed by atoms with Gasteiger partial charge in [0.05, 0.1) is 13.2 Å². The molecule has 0 aliphatic rings. The van der Waals surface area contributed by atoms with E-state index in [9.17, 15) is 9.59 Å². The van der Waals surface area contributed by atoms with Gasteiger partial charge < -0.3 is 9.47 Å². The van der Waals surface area contributed by atoms with Crippen molar-refractivity contribution in [2.24, 2.45) is 0 Å². The lowest BCUT2D eigenvalue weighted by molar-refractivity contribution is -0.421. The van der Waals surface area contributed by atoms with Gasteiger partial charge >= 0.3 is 11.9 Å². The van der Waals surface area contributed by atoms with E-state index in [1.54, 1.807) is 48.5 Å². The molecule has 0 saturated carbocycles. The lowest BCUT2D eigenvalue weighted by Crippen LogP contribution is -2.22. The van der Waals surface area contributed by atoms with E-state index < -0.39 is 18.2 Å². The van der Waals surface area contributed by atoms with Gasteiger partial charge in [-0.3, -0.25) is 9.78 Å². The highest BCUT2D eigenvalue weighted by Gasteiger charge is 2.22. The second-order valence-corrected chi connectivity index (χ2v) is 8.13. The summed E-state index contributed by atoms with van der Waals surface area (Å²) in [5.41, 5.74) is 0.438. The number of ether oxygens (including phenoxy) is 2. The Labute approximate surface area is 213 Å². The molecule has 0 fully saturated rings. The molecule has 0 aliphatic carbocycles. The number of unbranched alkanes of at least 4 members (excludes halogenated alkanes) is 6. The average Bonchev–Trinajstić information content (AvgIpc) is 2.90. The molecule has 0 unspecified atom stereocenters. The minimum absolute atomic E-state index is 0.219. The summed E-state index contributed by atoms with van der Waals surface area (Å²) < 4.78 is 10.9. The molecule has 2 aromatic rings. The molecule has 0 aliphatic heterocycles. The van der Waals surface area contributed by atoms with E-state index in [1.807, 2.05) is 13.8 Å². The zero-order chi connectivity index (χ0) is 26.0. The molecule has 0 N–H and O–H groups in total. The van der Waals surface area contributed by atoms with Crippen LogP contribution in [0.4, 0.5) is 0 Å². The van der Waals surface area contributed by atoms with Crippen LogP contribution < -0.4 is 9.47 Å². The van der Waals surface area contributed by atoms with Gasteiger partial charge in [-0.2, -0.15) is 0 Å². The second kappa shape index (κ2) is 17.3. The summed E-state index contributed by atoms with van der Waals surface area (Å²) in [7, 11) is 0. The normalized spacial score (nSPS) is 10.8. The summed E-state index contributed by atoms with van der Waals surface area (Å²) in [6, 6.07) is 13.4. The lowest BCUT2D eigenvalue weighted by atomic mass is 10.1. The summed E-state index contributed by atoms with van der Waals surface area (Å²) >= 11 is 0. The van der Waals surface area contributed by atoms with Crippen molar-refractivity contribution in [2.75, 3.05) is 13.2 Å². The molecule has 0 atom stereocenters. The molecule has 8 heteroatoms. The molecular weight excluding hydrogens is 464 g/mol. The van der Waals surface area contributed by atoms with Crippen molar-refractivity contribution in [1.29, 1.82) is 0 Å². The predicted octanol–water partition coefficient (Wildman–Crippen LogP) is 6.83. The van der Waals surface area contributed by atoms with Gasteiger partial charge in [0.15, 0.2) is 0 Å². The van der Waals surface area contributed by atoms with Gasteiger partial charge in [-0.15, -0.1) is 9.78 Å². The average molecular weight is 503 g/mol. The first-order valence-electron chi connectivity index (χ1n) is 12.8. The minimum atomic E-state index is -1.09. The van der Waals surface area contributed by atoms with Crippen molar-refractivity contribution < 1.29 is 38.6 Å². The highest BCUT2D eigenvalue weighted by Crippen LogP contribution is 2.22. The first-order valence-corrected chi connectivity index (χ1v) is 12.8. The Morgan fingerprint density at radius 1 is 0.639 bits per heavy atom. The molecule has 0 aromatic heterocycles. The molecule has 8 nitrogen and oxygen atoms in total. The molecule has 0 bridgehead atoms. The third-order valence-corrected chi connectivity index (χ3v) is 5.32. The number of benzene rings is 2. The lowest BCUT2D eigenvalue weighted by Gasteiger charge is -2.16. The van der Waals surface area contributed by atoms with Crippen molar-refractivity contribution in [2.45, 2.75) is 78.4 Å². The maximum absolute atomic E-state index is 12.6. The third kappa shape index (κ3) is 10.3. The van der Waals surface area contributed by atoms with Crippen LogP contribution in [0.15, 0.2) is 48.5 Å². The zero-order valence-corrected chi connectivity index (χ0v) is 21.5. The predicted molar refractivity (Wildman–Crippen MR) is 135 cm³/mol. The van der Waals surface area contributed by atoms with Crippen molar-refractivity contribution in [1.82, 2.24) is 0 Å². The van der Waals surface area contributed by atoms with Gasteiger partial charge in [-0.25, -0.2) is 9.59 Å². The van der Waals surface area contributed by atoms with E-state index in [4.69, 9.17) is 29.0 Å². The molecular formula is C28H38O8. The molecule has 198 valence electrons. The Morgan fingerprint density at radius 2 is 1.08 bits per heavy atom. The molecule has 2 aromatic carbocycles. The molecule has 0 saturated heterocycles. The summed E-state index contributed by atoms with van der Waals surface area (Å²) in [6.45, 7) is 6.62. The second-order valence-electron chi connectivity index (χ2n) is 8.13. The van der Waals surface area contributed by atoms with E-state index in [-0.39, 0.29) is 11.1 Å². The zero-order valence-electron chi connectivity index (χ0n) is 21.5. The van der Waals surface area contributed by atoms with E-state index in [0.717, 1.165) is 25.7 Å². The number of carbonyl (C=O) groups excluding carboxylic acids is 2. The fourth-order valence-corrected chi connectivity index (χ4v) is 3.50. The van der Waals surface area contributed by atoms with Crippen LogP contribution in [0.5, 0.6) is 11.5 Å². The van der Waals surface area contributed by atoms with Crippen molar-refractivity contribution in [3.05, 3.63) is 59.7 Å². The van der Waals surface area contributed by atoms with Crippen LogP contribution >= 0.6 is 0 Å². The monoisotopic (exact) mass is 502 g/mol. The first kappa shape index (κ1) is 29.1. The van der Waals surface area contributed by atoms with Crippen LogP contribution in [0.25, 0.3) is 0 Å². The van der Waals surface area contributed by atoms with E-state index >= 15 is 0 Å². The number of para-hydroxylation sites is 2. The van der Waals surface area contributed by atoms with E-state index in [0.29, 0.717) is 31.1 Å². The highest BCUT2D eigenvalue weighted by molar-refractivity contribution is 5.92. The maximum atomic E-state index is 12.6. The van der Waals surface area contributed by atoms with Crippen LogP contribution in [0, 0.1) is 0 Å². The molecule has 0 spiro atoms. The highest BCUT2D eigenvalue weighted by atomic mass is 17.3. The van der Waals surface area contributed by atoms with Crippen molar-refractivity contribution >= 4 is 11.9 Å². The van der Waals surface area contributed by atoms with Crippen LogP contribution in [0.2, 0.25) is 0 Å². The quantitative estimate of drug-likeness (QED) is 0.0948. The van der Waals surface area contributed by atoms with Gasteiger partial charge in [-0.1, -0.05) is 69.7 Å². The van der Waals surface area contributed by atoms with Crippen LogP contribution in [-0.4, -0.2) is 31.4 Å². The molecule has 0 heterocycles. The summed E-state index contributed by atoms with van der Waals surface area (Å²) in [6.07, 6.45) is 6.85. The fraction of sp³-hybridized carbons (Fsp3) is 0.500. The van der Waals surface area contributed by atoms with Gasteiger partial charge in [-0.05, 0) is 44.5 Å². The minimum Gasteiger partial charge on any atom is -0.493 e. The number of rotatable bonds is 18. The topological polar surface area (TPSA) is 89.5 Å². The Morgan fingerprint density at radius 3 is 1.56 bits per heavy atom. The smallest absolute Gasteiger partial charge is 0.376 e. The van der Waals surface area contributed by atoms with E-state index in [2.05, 4.69) is 6.92 Å². The van der Waals surface area contributed by atoms with Gasteiger partial charge in [0.25, 0.3) is 0 Å². The van der Waals surface area contributed by atoms with Crippen molar-refractivity contribution in [3.8, 4) is 11.5 Å². The largest absolute Gasteiger partial charge is 0.493 e. The number of hydrogen-bond donors (Lipinski definition) is 0. The molecule has 0 amide bonds. The summed E-state index contributed by atoms with van der Waals surface area (Å²) in [5, 5.41) is 0. The van der Waals surface area contributed by atoms with Gasteiger partial charge in [0.2, 0.25) is 6.29 Å². The Hall–Kier alpha value is -3.10. The Balaban J connectivity index is 1.96. The van der Waals surface area contributed by atoms with Crippen LogP contribution in [-0.2, 0) is 19.6 Å². The van der Waals surface area contributed by atoms with Crippen LogP contribution in [0.3, 0.4) is 0 Å². The van der Waals surface area contributed by atoms with Gasteiger partial charge in [0.1, 0.15) is 22.6 Å². The fourth-order valence-electron chi connectivity index (χ4n) is 3.50. The maximum Gasteiger partial charge on any atom is 0.376 e. The Bertz CT molecular complexity index is 848. The van der Waals surface area contributed by atoms with Gasteiger partial charge in [0, 0.05) is 6.42 Å². The number of hydrogen-bond acceptors (Lipinski definition) is 8. The summed E-state index contributed by atoms with van der Waals surface area (Å²) in [4.78, 5) is 45.8. The first-order chi connectivity index (χ1) is 17.6. The molecule has 2 rings (SSSR count). The standard InChI is InChI=1S/C28H38O8/c1-4-7-8-9-10-11-12-21-26(33-35-27(29)22-17-13-15-19-24(22)31-5-2)34-36-28(30)23-18-14-16-20-25(23)32-6-3/h13-20,26H,4-12,21H2,1-3H3.